The molecule has 0 radical (unpaired) electrons. The molecule has 7 heteroatoms. The first-order valence-corrected chi connectivity index (χ1v) is 9.92. The van der Waals surface area contributed by atoms with Crippen LogP contribution in [0, 0.1) is 0 Å². The van der Waals surface area contributed by atoms with Gasteiger partial charge in [0.05, 0.1) is 7.11 Å². The lowest BCUT2D eigenvalue weighted by Crippen LogP contribution is -2.54. The summed E-state index contributed by atoms with van der Waals surface area (Å²) in [5, 5.41) is 0. The molecule has 1 saturated heterocycles. The zero-order valence-electron chi connectivity index (χ0n) is 16.7. The van der Waals surface area contributed by atoms with Crippen LogP contribution in [0.2, 0.25) is 0 Å². The van der Waals surface area contributed by atoms with Crippen LogP contribution in [0.1, 0.15) is 18.4 Å². The number of methoxy groups -OCH3 is 1. The molecular formula is C23H22N2O5. The Kier molecular flexibility index (Phi) is 5.35. The topological polar surface area (TPSA) is 84.0 Å². The molecule has 3 aliphatic rings. The first kappa shape index (κ1) is 19.8. The van der Waals surface area contributed by atoms with Crippen LogP contribution < -0.4 is 4.74 Å². The zero-order chi connectivity index (χ0) is 21.3. The third-order valence-electron chi connectivity index (χ3n) is 5.59. The van der Waals surface area contributed by atoms with Gasteiger partial charge in [-0.25, -0.2) is 0 Å². The van der Waals surface area contributed by atoms with Crippen LogP contribution in [-0.2, 0) is 25.6 Å². The molecule has 154 valence electrons. The van der Waals surface area contributed by atoms with E-state index in [2.05, 4.69) is 0 Å². The minimum atomic E-state index is -0.311. The summed E-state index contributed by atoms with van der Waals surface area (Å²) in [6.07, 6.45) is 5.42. The fourth-order valence-corrected chi connectivity index (χ4v) is 4.02. The van der Waals surface area contributed by atoms with Crippen LogP contribution in [0.5, 0.6) is 5.75 Å². The Balaban J connectivity index is 1.61. The van der Waals surface area contributed by atoms with Crippen LogP contribution in [0.15, 0.2) is 59.3 Å². The quantitative estimate of drug-likeness (QED) is 0.694. The average Bonchev–Trinajstić information content (AvgIpc) is 2.77. The van der Waals surface area contributed by atoms with Gasteiger partial charge in [-0.2, -0.15) is 0 Å². The number of allylic oxidation sites excluding steroid dienone is 5. The normalized spacial score (nSPS) is 19.3. The van der Waals surface area contributed by atoms with Crippen molar-refractivity contribution in [2.45, 2.75) is 19.3 Å². The predicted molar refractivity (Wildman–Crippen MR) is 108 cm³/mol. The third-order valence-corrected chi connectivity index (χ3v) is 5.59. The Bertz CT molecular complexity index is 1020. The van der Waals surface area contributed by atoms with E-state index < -0.39 is 0 Å². The maximum atomic E-state index is 13.3. The van der Waals surface area contributed by atoms with Gasteiger partial charge in [-0.05, 0) is 60.8 Å². The summed E-state index contributed by atoms with van der Waals surface area (Å²) in [5.41, 5.74) is 1.99. The molecule has 0 aromatic heterocycles. The molecule has 0 atom stereocenters. The van der Waals surface area contributed by atoms with E-state index in [1.165, 1.54) is 28.0 Å². The van der Waals surface area contributed by atoms with E-state index in [0.29, 0.717) is 37.9 Å². The number of nitrogens with zero attached hydrogens (tertiary/aromatic N) is 2. The number of carbonyl (C=O) groups excluding carboxylic acids is 4. The standard InChI is InChI=1S/C23H22N2O5/c1-30-17-7-4-15(5-8-17)10-12-24-14-21(28)25-11-2-3-18(22(25)23(24)29)19-13-16(26)6-9-20(19)27/h4-9,13H,2-3,10-12,14H2,1H3. The highest BCUT2D eigenvalue weighted by Gasteiger charge is 2.40. The van der Waals surface area contributed by atoms with E-state index in [1.807, 2.05) is 24.3 Å². The third kappa shape index (κ3) is 3.70. The van der Waals surface area contributed by atoms with Crippen molar-refractivity contribution in [2.75, 3.05) is 26.7 Å². The molecular weight excluding hydrogens is 384 g/mol. The van der Waals surface area contributed by atoms with Crippen molar-refractivity contribution in [2.24, 2.45) is 0 Å². The van der Waals surface area contributed by atoms with Crippen LogP contribution >= 0.6 is 0 Å². The number of carbonyl (C=O) groups is 4. The van der Waals surface area contributed by atoms with Gasteiger partial charge in [0, 0.05) is 18.7 Å². The molecule has 2 amide bonds. The summed E-state index contributed by atoms with van der Waals surface area (Å²) < 4.78 is 5.16. The number of rotatable bonds is 5. The molecule has 1 aromatic rings. The number of piperazine rings is 1. The Morgan fingerprint density at radius 2 is 1.80 bits per heavy atom. The van der Waals surface area contributed by atoms with E-state index >= 15 is 0 Å². The van der Waals surface area contributed by atoms with Crippen molar-refractivity contribution < 1.29 is 23.9 Å². The number of amides is 2. The van der Waals surface area contributed by atoms with E-state index in [-0.39, 0.29) is 41.2 Å². The van der Waals surface area contributed by atoms with Gasteiger partial charge in [-0.1, -0.05) is 12.1 Å². The van der Waals surface area contributed by atoms with Gasteiger partial charge in [0.2, 0.25) is 5.91 Å². The number of fused-ring (bicyclic) bond motifs is 1. The lowest BCUT2D eigenvalue weighted by Gasteiger charge is -2.40. The second-order valence-electron chi connectivity index (χ2n) is 7.46. The van der Waals surface area contributed by atoms with Gasteiger partial charge in [-0.3, -0.25) is 19.2 Å². The van der Waals surface area contributed by atoms with Crippen LogP contribution in [0.3, 0.4) is 0 Å². The molecule has 7 nitrogen and oxygen atoms in total. The molecule has 1 fully saturated rings. The smallest absolute Gasteiger partial charge is 0.271 e. The van der Waals surface area contributed by atoms with Gasteiger partial charge >= 0.3 is 0 Å². The lowest BCUT2D eigenvalue weighted by atomic mass is 9.88. The second-order valence-corrected chi connectivity index (χ2v) is 7.46. The van der Waals surface area contributed by atoms with Crippen molar-refractivity contribution >= 4 is 23.4 Å². The Morgan fingerprint density at radius 1 is 1.03 bits per heavy atom. The fraction of sp³-hybridized carbons (Fsp3) is 0.304. The average molecular weight is 406 g/mol. The second kappa shape index (κ2) is 8.10. The molecule has 2 heterocycles. The van der Waals surface area contributed by atoms with Crippen molar-refractivity contribution in [3.8, 4) is 5.75 Å². The molecule has 0 spiro atoms. The summed E-state index contributed by atoms with van der Waals surface area (Å²) in [6.45, 7) is 0.839. The molecule has 0 unspecified atom stereocenters. The first-order valence-electron chi connectivity index (χ1n) is 9.92. The SMILES string of the molecule is COc1ccc(CCN2CC(=O)N3CCCC(C4=CC(=O)C=CC4=O)=C3C2=O)cc1. The molecule has 2 aliphatic heterocycles. The summed E-state index contributed by atoms with van der Waals surface area (Å²) >= 11 is 0. The maximum Gasteiger partial charge on any atom is 0.271 e. The van der Waals surface area contributed by atoms with Crippen LogP contribution in [0.25, 0.3) is 0 Å². The Morgan fingerprint density at radius 3 is 2.53 bits per heavy atom. The van der Waals surface area contributed by atoms with Gasteiger partial charge in [0.25, 0.3) is 5.91 Å². The molecule has 0 saturated carbocycles. The highest BCUT2D eigenvalue weighted by Crippen LogP contribution is 2.33. The Labute approximate surface area is 174 Å². The Hall–Kier alpha value is -3.48. The minimum Gasteiger partial charge on any atom is -0.497 e. The molecule has 4 rings (SSSR count). The lowest BCUT2D eigenvalue weighted by molar-refractivity contribution is -0.145. The molecule has 1 aliphatic carbocycles. The number of ketones is 2. The van der Waals surface area contributed by atoms with E-state index in [1.54, 1.807) is 7.11 Å². The zero-order valence-corrected chi connectivity index (χ0v) is 16.7. The minimum absolute atomic E-state index is 0.0115. The van der Waals surface area contributed by atoms with Crippen molar-refractivity contribution in [1.82, 2.24) is 9.80 Å². The van der Waals surface area contributed by atoms with Crippen molar-refractivity contribution in [1.29, 1.82) is 0 Å². The number of hydrogen-bond acceptors (Lipinski definition) is 5. The summed E-state index contributed by atoms with van der Waals surface area (Å²) in [4.78, 5) is 53.2. The molecule has 0 N–H and O–H groups in total. The van der Waals surface area contributed by atoms with E-state index in [9.17, 15) is 19.2 Å². The highest BCUT2D eigenvalue weighted by molar-refractivity contribution is 6.20. The van der Waals surface area contributed by atoms with Crippen molar-refractivity contribution in [3.05, 3.63) is 64.9 Å². The van der Waals surface area contributed by atoms with Gasteiger partial charge in [-0.15, -0.1) is 0 Å². The number of ether oxygens (including phenoxy) is 1. The number of benzene rings is 1. The van der Waals surface area contributed by atoms with Gasteiger partial charge < -0.3 is 14.5 Å². The van der Waals surface area contributed by atoms with Crippen LogP contribution in [0.4, 0.5) is 0 Å². The maximum absolute atomic E-state index is 13.3. The fourth-order valence-electron chi connectivity index (χ4n) is 4.02. The van der Waals surface area contributed by atoms with E-state index in [0.717, 1.165) is 11.3 Å². The molecule has 0 bridgehead atoms. The largest absolute Gasteiger partial charge is 0.497 e. The van der Waals surface area contributed by atoms with Crippen LogP contribution in [-0.4, -0.2) is 59.9 Å². The predicted octanol–water partition coefficient (Wildman–Crippen LogP) is 1.59. The summed E-state index contributed by atoms with van der Waals surface area (Å²) in [7, 11) is 1.60. The highest BCUT2D eigenvalue weighted by atomic mass is 16.5. The van der Waals surface area contributed by atoms with Gasteiger partial charge in [0.1, 0.15) is 18.0 Å². The van der Waals surface area contributed by atoms with Gasteiger partial charge in [0.15, 0.2) is 11.6 Å². The molecule has 30 heavy (non-hydrogen) atoms. The summed E-state index contributed by atoms with van der Waals surface area (Å²) in [5.74, 6) is -0.282. The van der Waals surface area contributed by atoms with Crippen molar-refractivity contribution in [3.63, 3.8) is 0 Å². The monoisotopic (exact) mass is 406 g/mol. The van der Waals surface area contributed by atoms with E-state index in [4.69, 9.17) is 4.74 Å². The molecule has 1 aromatic carbocycles. The summed E-state index contributed by atoms with van der Waals surface area (Å²) in [6, 6.07) is 7.56. The number of hydrogen-bond donors (Lipinski definition) is 0. The first-order chi connectivity index (χ1) is 14.5.